The highest BCUT2D eigenvalue weighted by molar-refractivity contribution is 6.33. The number of hydrogen-bond donors (Lipinski definition) is 1. The van der Waals surface area contributed by atoms with E-state index in [4.69, 9.17) is 22.1 Å². The number of fused-ring (bicyclic) bond motifs is 1. The molecule has 4 aromatic rings. The number of nitrogens with zero attached hydrogens (tertiary/aromatic N) is 3. The van der Waals surface area contributed by atoms with Gasteiger partial charge in [-0.15, -0.1) is 0 Å². The number of esters is 2. The van der Waals surface area contributed by atoms with Crippen LogP contribution in [0, 0.1) is 0 Å². The number of benzene rings is 2. The lowest BCUT2D eigenvalue weighted by Crippen LogP contribution is -2.26. The molecule has 188 valence electrons. The molecule has 0 unspecified atom stereocenters. The van der Waals surface area contributed by atoms with Gasteiger partial charge in [0.25, 0.3) is 5.91 Å². The minimum atomic E-state index is -0.828. The van der Waals surface area contributed by atoms with Crippen molar-refractivity contribution >= 4 is 46.6 Å². The molecule has 37 heavy (non-hydrogen) atoms. The predicted molar refractivity (Wildman–Crippen MR) is 136 cm³/mol. The lowest BCUT2D eigenvalue weighted by molar-refractivity contribution is -0.144. The number of primary amides is 1. The van der Waals surface area contributed by atoms with Gasteiger partial charge < -0.3 is 20.1 Å². The number of aromatic nitrogens is 2. The quantitative estimate of drug-likeness (QED) is 0.369. The highest BCUT2D eigenvalue weighted by atomic mass is 35.5. The van der Waals surface area contributed by atoms with E-state index in [0.29, 0.717) is 22.3 Å². The Labute approximate surface area is 216 Å². The van der Waals surface area contributed by atoms with E-state index in [1.165, 1.54) is 24.1 Å². The van der Waals surface area contributed by atoms with Crippen LogP contribution in [0.5, 0.6) is 0 Å². The summed E-state index contributed by atoms with van der Waals surface area (Å²) in [7, 11) is 2.73. The normalized spacial score (nSPS) is 10.7. The molecule has 10 nitrogen and oxygen atoms in total. The molecule has 2 N–H and O–H groups in total. The highest BCUT2D eigenvalue weighted by Crippen LogP contribution is 2.28. The summed E-state index contributed by atoms with van der Waals surface area (Å²) in [5, 5.41) is 4.44. The van der Waals surface area contributed by atoms with Crippen LogP contribution >= 0.6 is 11.6 Å². The van der Waals surface area contributed by atoms with E-state index in [1.54, 1.807) is 66.4 Å². The van der Waals surface area contributed by atoms with Crippen molar-refractivity contribution in [1.29, 1.82) is 0 Å². The first-order valence-electron chi connectivity index (χ1n) is 10.9. The number of rotatable bonds is 7. The lowest BCUT2D eigenvalue weighted by Gasteiger charge is -2.19. The number of carbonyl (C=O) groups is 4. The van der Waals surface area contributed by atoms with E-state index in [9.17, 15) is 19.2 Å². The van der Waals surface area contributed by atoms with Gasteiger partial charge in [-0.3, -0.25) is 9.59 Å². The number of ether oxygens (including phenoxy) is 2. The second kappa shape index (κ2) is 10.5. The number of halogens is 1. The molecule has 0 aliphatic heterocycles. The Bertz CT molecular complexity index is 1530. The number of hydrogen-bond acceptors (Lipinski definition) is 7. The fraction of sp³-hybridized carbons (Fsp3) is 0.115. The summed E-state index contributed by atoms with van der Waals surface area (Å²) in [4.78, 5) is 49.7. The summed E-state index contributed by atoms with van der Waals surface area (Å²) in [6.45, 7) is -0.566. The van der Waals surface area contributed by atoms with Gasteiger partial charge in [0.15, 0.2) is 6.61 Å². The average Bonchev–Trinajstić information content (AvgIpc) is 3.34. The van der Waals surface area contributed by atoms with Crippen LogP contribution in [0.25, 0.3) is 16.6 Å². The van der Waals surface area contributed by atoms with Crippen molar-refractivity contribution < 1.29 is 28.7 Å². The molecule has 0 saturated carbocycles. The second-order valence-corrected chi connectivity index (χ2v) is 8.33. The van der Waals surface area contributed by atoms with Gasteiger partial charge in [0.05, 0.1) is 29.4 Å². The number of methoxy groups -OCH3 is 1. The second-order valence-electron chi connectivity index (χ2n) is 7.93. The highest BCUT2D eigenvalue weighted by Gasteiger charge is 2.20. The van der Waals surface area contributed by atoms with Crippen LogP contribution in [0.2, 0.25) is 5.02 Å². The zero-order chi connectivity index (χ0) is 26.7. The third kappa shape index (κ3) is 5.29. The van der Waals surface area contributed by atoms with Gasteiger partial charge in [0, 0.05) is 35.6 Å². The minimum absolute atomic E-state index is 0.00402. The summed E-state index contributed by atoms with van der Waals surface area (Å²) < 4.78 is 11.0. The topological polar surface area (TPSA) is 133 Å². The van der Waals surface area contributed by atoms with E-state index in [2.05, 4.69) is 9.84 Å². The maximum absolute atomic E-state index is 13.3. The van der Waals surface area contributed by atoms with Crippen LogP contribution in [0.15, 0.2) is 67.0 Å². The van der Waals surface area contributed by atoms with Crippen molar-refractivity contribution in [3.05, 3.63) is 88.7 Å². The van der Waals surface area contributed by atoms with Crippen molar-refractivity contribution in [2.75, 3.05) is 25.7 Å². The van der Waals surface area contributed by atoms with Crippen molar-refractivity contribution in [2.24, 2.45) is 5.73 Å². The monoisotopic (exact) mass is 520 g/mol. The van der Waals surface area contributed by atoms with E-state index in [-0.39, 0.29) is 16.5 Å². The first kappa shape index (κ1) is 25.4. The third-order valence-corrected chi connectivity index (χ3v) is 5.99. The summed E-state index contributed by atoms with van der Waals surface area (Å²) in [5.41, 5.74) is 8.69. The Morgan fingerprint density at radius 3 is 2.43 bits per heavy atom. The van der Waals surface area contributed by atoms with E-state index < -0.39 is 24.5 Å². The van der Waals surface area contributed by atoms with Crippen LogP contribution in [0.3, 0.4) is 0 Å². The lowest BCUT2D eigenvalue weighted by atomic mass is 10.0. The standard InChI is InChI=1S/C26H21ClN4O6/c1-30(18-7-8-21(27)19(12-18)26(35)37-14-23(32)36-2)25(34)17-9-10-31-22(11-17)20(13-29-31)15-3-5-16(6-4-15)24(28)33/h3-13H,14H2,1-2H3,(H2,28,33). The first-order chi connectivity index (χ1) is 17.7. The summed E-state index contributed by atoms with van der Waals surface area (Å²) in [6, 6.07) is 14.5. The van der Waals surface area contributed by atoms with Crippen LogP contribution in [-0.2, 0) is 14.3 Å². The molecule has 11 heteroatoms. The Balaban J connectivity index is 1.61. The summed E-state index contributed by atoms with van der Waals surface area (Å²) in [5.74, 6) is -2.42. The van der Waals surface area contributed by atoms with E-state index in [1.807, 2.05) is 0 Å². The SMILES string of the molecule is COC(=O)COC(=O)c1cc(N(C)C(=O)c2ccn3ncc(-c4ccc(C(N)=O)cc4)c3c2)ccc1Cl. The molecular formula is C26H21ClN4O6. The van der Waals surface area contributed by atoms with Gasteiger partial charge in [-0.05, 0) is 48.0 Å². The number of carbonyl (C=O) groups excluding carboxylic acids is 4. The van der Waals surface area contributed by atoms with Gasteiger partial charge in [-0.25, -0.2) is 14.1 Å². The maximum Gasteiger partial charge on any atom is 0.344 e. The van der Waals surface area contributed by atoms with Crippen molar-refractivity contribution in [1.82, 2.24) is 9.61 Å². The molecular weight excluding hydrogens is 500 g/mol. The van der Waals surface area contributed by atoms with Crippen LogP contribution in [0.4, 0.5) is 5.69 Å². The third-order valence-electron chi connectivity index (χ3n) is 5.66. The van der Waals surface area contributed by atoms with Crippen molar-refractivity contribution in [3.63, 3.8) is 0 Å². The molecule has 0 radical (unpaired) electrons. The molecule has 0 fully saturated rings. The Hall–Kier alpha value is -4.70. The molecule has 2 aromatic heterocycles. The maximum atomic E-state index is 13.3. The number of anilines is 1. The molecule has 0 atom stereocenters. The molecule has 0 bridgehead atoms. The molecule has 0 spiro atoms. The van der Waals surface area contributed by atoms with Gasteiger partial charge in [-0.1, -0.05) is 23.7 Å². The zero-order valence-corrected chi connectivity index (χ0v) is 20.6. The Morgan fingerprint density at radius 2 is 1.76 bits per heavy atom. The van der Waals surface area contributed by atoms with Gasteiger partial charge >= 0.3 is 11.9 Å². The van der Waals surface area contributed by atoms with E-state index in [0.717, 1.165) is 11.1 Å². The first-order valence-corrected chi connectivity index (χ1v) is 11.3. The molecule has 0 aliphatic carbocycles. The van der Waals surface area contributed by atoms with Gasteiger partial charge in [-0.2, -0.15) is 5.10 Å². The molecule has 2 aromatic carbocycles. The fourth-order valence-electron chi connectivity index (χ4n) is 3.60. The van der Waals surface area contributed by atoms with E-state index >= 15 is 0 Å². The van der Waals surface area contributed by atoms with Crippen molar-refractivity contribution in [3.8, 4) is 11.1 Å². The summed E-state index contributed by atoms with van der Waals surface area (Å²) in [6.07, 6.45) is 3.33. The van der Waals surface area contributed by atoms with Gasteiger partial charge in [0.1, 0.15) is 0 Å². The fourth-order valence-corrected chi connectivity index (χ4v) is 3.80. The largest absolute Gasteiger partial charge is 0.466 e. The van der Waals surface area contributed by atoms with Crippen LogP contribution < -0.4 is 10.6 Å². The van der Waals surface area contributed by atoms with Crippen LogP contribution in [-0.4, -0.2) is 54.1 Å². The molecule has 4 rings (SSSR count). The predicted octanol–water partition coefficient (Wildman–Crippen LogP) is 3.36. The molecule has 0 aliphatic rings. The Morgan fingerprint density at radius 1 is 1.03 bits per heavy atom. The number of nitrogens with two attached hydrogens (primary N) is 1. The van der Waals surface area contributed by atoms with Crippen LogP contribution in [0.1, 0.15) is 31.1 Å². The zero-order valence-electron chi connectivity index (χ0n) is 19.8. The minimum Gasteiger partial charge on any atom is -0.466 e. The number of pyridine rings is 1. The van der Waals surface area contributed by atoms with Crippen molar-refractivity contribution in [2.45, 2.75) is 0 Å². The van der Waals surface area contributed by atoms with Gasteiger partial charge in [0.2, 0.25) is 5.91 Å². The Kier molecular flexibility index (Phi) is 7.21. The smallest absolute Gasteiger partial charge is 0.344 e. The molecule has 2 heterocycles. The number of amides is 2. The molecule has 2 amide bonds. The molecule has 0 saturated heterocycles. The summed E-state index contributed by atoms with van der Waals surface area (Å²) >= 11 is 6.14. The average molecular weight is 521 g/mol.